The van der Waals surface area contributed by atoms with Crippen LogP contribution < -0.4 is 4.74 Å². The average molecular weight is 359 g/mol. The van der Waals surface area contributed by atoms with Gasteiger partial charge < -0.3 is 9.30 Å². The highest BCUT2D eigenvalue weighted by molar-refractivity contribution is 6.36. The third-order valence-electron chi connectivity index (χ3n) is 3.66. The molecule has 0 bridgehead atoms. The van der Waals surface area contributed by atoms with E-state index in [-0.39, 0.29) is 0 Å². The molecule has 3 aromatic rings. The Balaban J connectivity index is 1.87. The van der Waals surface area contributed by atoms with Crippen LogP contribution in [0.4, 0.5) is 0 Å². The minimum absolute atomic E-state index is 0.589. The molecule has 5 heteroatoms. The first-order valence-corrected chi connectivity index (χ1v) is 8.13. The fourth-order valence-electron chi connectivity index (χ4n) is 2.35. The molecule has 1 heterocycles. The number of imidazole rings is 1. The second kappa shape index (κ2) is 7.12. The van der Waals surface area contributed by atoms with Gasteiger partial charge in [-0.1, -0.05) is 41.4 Å². The highest BCUT2D eigenvalue weighted by atomic mass is 35.5. The van der Waals surface area contributed by atoms with Gasteiger partial charge in [0.2, 0.25) is 0 Å². The van der Waals surface area contributed by atoms with Crippen LogP contribution in [0, 0.1) is 0 Å². The molecular weight excluding hydrogens is 343 g/mol. The van der Waals surface area contributed by atoms with Crippen molar-refractivity contribution in [3.05, 3.63) is 70.1 Å². The number of hydrogen-bond donors (Lipinski definition) is 0. The van der Waals surface area contributed by atoms with Gasteiger partial charge in [-0.15, -0.1) is 0 Å². The van der Waals surface area contributed by atoms with E-state index >= 15 is 0 Å². The van der Waals surface area contributed by atoms with Crippen molar-refractivity contribution in [1.29, 1.82) is 0 Å². The largest absolute Gasteiger partial charge is 0.497 e. The normalized spacial score (nSPS) is 11.2. The zero-order valence-corrected chi connectivity index (χ0v) is 14.8. The highest BCUT2D eigenvalue weighted by Gasteiger charge is 2.09. The van der Waals surface area contributed by atoms with Crippen molar-refractivity contribution in [2.75, 3.05) is 7.11 Å². The summed E-state index contributed by atoms with van der Waals surface area (Å²) in [6.45, 7) is 0. The number of methoxy groups -OCH3 is 1. The molecule has 0 aliphatic carbocycles. The zero-order chi connectivity index (χ0) is 17.1. The van der Waals surface area contributed by atoms with Gasteiger partial charge >= 0.3 is 0 Å². The van der Waals surface area contributed by atoms with Crippen LogP contribution in [0.25, 0.3) is 23.4 Å². The quantitative estimate of drug-likeness (QED) is 0.609. The van der Waals surface area contributed by atoms with Gasteiger partial charge in [0.25, 0.3) is 0 Å². The Morgan fingerprint density at radius 1 is 1.04 bits per heavy atom. The summed E-state index contributed by atoms with van der Waals surface area (Å²) in [6.07, 6.45) is 5.92. The maximum absolute atomic E-state index is 6.26. The number of aryl methyl sites for hydroxylation is 1. The first-order chi connectivity index (χ1) is 11.6. The van der Waals surface area contributed by atoms with Gasteiger partial charge in [0.1, 0.15) is 11.6 Å². The molecule has 3 nitrogen and oxygen atoms in total. The van der Waals surface area contributed by atoms with E-state index in [0.717, 1.165) is 28.4 Å². The van der Waals surface area contributed by atoms with E-state index in [1.165, 1.54) is 0 Å². The molecule has 2 aromatic carbocycles. The number of benzene rings is 2. The summed E-state index contributed by atoms with van der Waals surface area (Å²) in [5.41, 5.74) is 2.75. The predicted molar refractivity (Wildman–Crippen MR) is 101 cm³/mol. The van der Waals surface area contributed by atoms with Gasteiger partial charge in [0.15, 0.2) is 0 Å². The molecule has 0 atom stereocenters. The third-order valence-corrected chi connectivity index (χ3v) is 4.21. The predicted octanol–water partition coefficient (Wildman–Crippen LogP) is 5.57. The maximum Gasteiger partial charge on any atom is 0.133 e. The molecule has 0 amide bonds. The lowest BCUT2D eigenvalue weighted by atomic mass is 10.2. The Bertz CT molecular complexity index is 883. The van der Waals surface area contributed by atoms with Crippen molar-refractivity contribution < 1.29 is 4.74 Å². The van der Waals surface area contributed by atoms with Crippen LogP contribution in [-0.4, -0.2) is 16.7 Å². The van der Waals surface area contributed by atoms with Crippen LogP contribution in [-0.2, 0) is 7.05 Å². The van der Waals surface area contributed by atoms with Crippen LogP contribution in [0.5, 0.6) is 5.75 Å². The molecule has 0 aliphatic rings. The number of hydrogen-bond acceptors (Lipinski definition) is 2. The Kier molecular flexibility index (Phi) is 4.93. The minimum Gasteiger partial charge on any atom is -0.497 e. The second-order valence-corrected chi connectivity index (χ2v) is 6.17. The molecular formula is C19H16Cl2N2O. The van der Waals surface area contributed by atoms with Gasteiger partial charge in [-0.25, -0.2) is 4.98 Å². The minimum atomic E-state index is 0.589. The fourth-order valence-corrected chi connectivity index (χ4v) is 2.85. The monoisotopic (exact) mass is 358 g/mol. The van der Waals surface area contributed by atoms with E-state index < -0.39 is 0 Å². The van der Waals surface area contributed by atoms with Crippen LogP contribution in [0.2, 0.25) is 10.0 Å². The molecule has 0 radical (unpaired) electrons. The van der Waals surface area contributed by atoms with Crippen molar-refractivity contribution in [2.45, 2.75) is 0 Å². The summed E-state index contributed by atoms with van der Waals surface area (Å²) in [5, 5.41) is 1.20. The first-order valence-electron chi connectivity index (χ1n) is 7.38. The fraction of sp³-hybridized carbons (Fsp3) is 0.105. The van der Waals surface area contributed by atoms with Crippen molar-refractivity contribution in [1.82, 2.24) is 9.55 Å². The molecule has 0 unspecified atom stereocenters. The van der Waals surface area contributed by atoms with Crippen molar-refractivity contribution >= 4 is 35.4 Å². The number of aromatic nitrogens is 2. The Morgan fingerprint density at radius 3 is 2.46 bits per heavy atom. The van der Waals surface area contributed by atoms with Crippen LogP contribution >= 0.6 is 23.2 Å². The number of rotatable bonds is 4. The van der Waals surface area contributed by atoms with Crippen LogP contribution in [0.1, 0.15) is 11.4 Å². The SMILES string of the molecule is COc1ccc(/C=C/c2nc(-c3ccc(Cl)cc3Cl)cn2C)cc1. The third kappa shape index (κ3) is 3.64. The van der Waals surface area contributed by atoms with E-state index in [0.29, 0.717) is 10.0 Å². The van der Waals surface area contributed by atoms with Crippen molar-refractivity contribution in [3.8, 4) is 17.0 Å². The lowest BCUT2D eigenvalue weighted by Gasteiger charge is -2.00. The van der Waals surface area contributed by atoms with Crippen LogP contribution in [0.15, 0.2) is 48.7 Å². The standard InChI is InChI=1S/C19H16Cl2N2O/c1-23-12-18(16-9-6-14(20)11-17(16)21)22-19(23)10-5-13-3-7-15(24-2)8-4-13/h3-12H,1-2H3/b10-5+. The highest BCUT2D eigenvalue weighted by Crippen LogP contribution is 2.29. The molecule has 0 saturated carbocycles. The lowest BCUT2D eigenvalue weighted by Crippen LogP contribution is -1.88. The Morgan fingerprint density at radius 2 is 1.79 bits per heavy atom. The number of nitrogens with zero attached hydrogens (tertiary/aromatic N) is 2. The molecule has 1 aromatic heterocycles. The summed E-state index contributed by atoms with van der Waals surface area (Å²) in [5.74, 6) is 1.68. The van der Waals surface area contributed by atoms with Crippen molar-refractivity contribution in [2.24, 2.45) is 7.05 Å². The van der Waals surface area contributed by atoms with Crippen LogP contribution in [0.3, 0.4) is 0 Å². The van der Waals surface area contributed by atoms with Gasteiger partial charge in [-0.05, 0) is 42.0 Å². The summed E-state index contributed by atoms with van der Waals surface area (Å²) in [4.78, 5) is 4.64. The molecule has 0 saturated heterocycles. The molecule has 0 fully saturated rings. The summed E-state index contributed by atoms with van der Waals surface area (Å²) in [6, 6.07) is 13.3. The van der Waals surface area contributed by atoms with Gasteiger partial charge in [0, 0.05) is 23.8 Å². The summed E-state index contributed by atoms with van der Waals surface area (Å²) < 4.78 is 7.12. The number of halogens is 2. The van der Waals surface area contributed by atoms with Gasteiger partial charge in [0.05, 0.1) is 17.8 Å². The van der Waals surface area contributed by atoms with E-state index in [4.69, 9.17) is 27.9 Å². The summed E-state index contributed by atoms with van der Waals surface area (Å²) >= 11 is 12.2. The van der Waals surface area contributed by atoms with E-state index in [9.17, 15) is 0 Å². The lowest BCUT2D eigenvalue weighted by molar-refractivity contribution is 0.415. The topological polar surface area (TPSA) is 27.1 Å². The molecule has 3 rings (SSSR count). The summed E-state index contributed by atoms with van der Waals surface area (Å²) in [7, 11) is 3.61. The van der Waals surface area contributed by atoms with Gasteiger partial charge in [-0.2, -0.15) is 0 Å². The second-order valence-electron chi connectivity index (χ2n) is 5.33. The smallest absolute Gasteiger partial charge is 0.133 e. The zero-order valence-electron chi connectivity index (χ0n) is 13.3. The maximum atomic E-state index is 6.26. The van der Waals surface area contributed by atoms with E-state index in [1.807, 2.05) is 66.4 Å². The molecule has 0 spiro atoms. The Hall–Kier alpha value is -2.23. The van der Waals surface area contributed by atoms with E-state index in [1.54, 1.807) is 13.2 Å². The molecule has 24 heavy (non-hydrogen) atoms. The molecule has 122 valence electrons. The Labute approximate surface area is 151 Å². The number of ether oxygens (including phenoxy) is 1. The van der Waals surface area contributed by atoms with Gasteiger partial charge in [-0.3, -0.25) is 0 Å². The average Bonchev–Trinajstić information content (AvgIpc) is 2.94. The first kappa shape index (κ1) is 16.6. The van der Waals surface area contributed by atoms with Crippen molar-refractivity contribution in [3.63, 3.8) is 0 Å². The van der Waals surface area contributed by atoms with E-state index in [2.05, 4.69) is 4.98 Å². The molecule has 0 N–H and O–H groups in total. The molecule has 0 aliphatic heterocycles.